The van der Waals surface area contributed by atoms with E-state index in [-0.39, 0.29) is 14.8 Å². The van der Waals surface area contributed by atoms with E-state index in [1.54, 1.807) is 45.2 Å². The Bertz CT molecular complexity index is 384. The van der Waals surface area contributed by atoms with Crippen molar-refractivity contribution in [3.05, 3.63) is 24.6 Å². The van der Waals surface area contributed by atoms with E-state index in [1.807, 2.05) is 0 Å². The molecule has 0 atom stereocenters. The molecule has 0 radical (unpaired) electrons. The van der Waals surface area contributed by atoms with E-state index in [9.17, 15) is 13.6 Å². The van der Waals surface area contributed by atoms with Gasteiger partial charge < -0.3 is 5.11 Å². The highest BCUT2D eigenvalue weighted by Crippen LogP contribution is 2.27. The maximum atomic E-state index is 12.3. The van der Waals surface area contributed by atoms with Crippen molar-refractivity contribution in [2.24, 2.45) is 0 Å². The Hall–Kier alpha value is -0.0600. The molecule has 0 saturated carbocycles. The second-order valence-corrected chi connectivity index (χ2v) is 4.45. The van der Waals surface area contributed by atoms with Crippen LogP contribution in [0.5, 0.6) is 0 Å². The molecule has 0 aliphatic rings. The van der Waals surface area contributed by atoms with Gasteiger partial charge in [-0.1, -0.05) is 0 Å². The van der Waals surface area contributed by atoms with Crippen molar-refractivity contribution < 1.29 is 18.7 Å². The van der Waals surface area contributed by atoms with Crippen molar-refractivity contribution in [2.75, 3.05) is 0 Å². The Balaban J connectivity index is 3.33. The highest BCUT2D eigenvalue weighted by Gasteiger charge is 2.20. The van der Waals surface area contributed by atoms with E-state index in [0.29, 0.717) is 3.57 Å². The van der Waals surface area contributed by atoms with Crippen LogP contribution < -0.4 is 0 Å². The maximum absolute atomic E-state index is 12.3. The standard InChI is InChI=1S/C7H3F2I2NO2/c8-6(9)5-4(11)3(10)2(1-12-5)7(13)14/h1,6H,(H,13,14). The van der Waals surface area contributed by atoms with Crippen molar-refractivity contribution in [3.8, 4) is 0 Å². The predicted molar refractivity (Wildman–Crippen MR) is 61.6 cm³/mol. The molecule has 0 spiro atoms. The fraction of sp³-hybridized carbons (Fsp3) is 0.143. The average molecular weight is 425 g/mol. The number of carboxylic acids is 1. The van der Waals surface area contributed by atoms with Crippen LogP contribution in [0.2, 0.25) is 0 Å². The molecule has 0 bridgehead atoms. The Morgan fingerprint density at radius 1 is 1.43 bits per heavy atom. The molecule has 1 N–H and O–H groups in total. The molecule has 14 heavy (non-hydrogen) atoms. The summed E-state index contributed by atoms with van der Waals surface area (Å²) in [4.78, 5) is 14.0. The molecule has 1 aromatic heterocycles. The van der Waals surface area contributed by atoms with Gasteiger partial charge in [-0.2, -0.15) is 0 Å². The van der Waals surface area contributed by atoms with Crippen LogP contribution in [0.1, 0.15) is 22.5 Å². The lowest BCUT2D eigenvalue weighted by molar-refractivity contribution is 0.0694. The van der Waals surface area contributed by atoms with E-state index < -0.39 is 12.4 Å². The number of hydrogen-bond donors (Lipinski definition) is 1. The fourth-order valence-corrected chi connectivity index (χ4v) is 2.09. The molecule has 0 fully saturated rings. The van der Waals surface area contributed by atoms with Crippen LogP contribution in [0.15, 0.2) is 6.20 Å². The van der Waals surface area contributed by atoms with Crippen molar-refractivity contribution in [3.63, 3.8) is 0 Å². The van der Waals surface area contributed by atoms with Gasteiger partial charge in [-0.05, 0) is 45.2 Å². The minimum absolute atomic E-state index is 0.0561. The maximum Gasteiger partial charge on any atom is 0.338 e. The van der Waals surface area contributed by atoms with Crippen LogP contribution in [0.3, 0.4) is 0 Å². The highest BCUT2D eigenvalue weighted by molar-refractivity contribution is 14.1. The first-order valence-electron chi connectivity index (χ1n) is 3.30. The summed E-state index contributed by atoms with van der Waals surface area (Å²) in [5, 5.41) is 8.68. The van der Waals surface area contributed by atoms with Crippen molar-refractivity contribution >= 4 is 51.2 Å². The molecule has 0 aliphatic heterocycles. The highest BCUT2D eigenvalue weighted by atomic mass is 127. The lowest BCUT2D eigenvalue weighted by Gasteiger charge is -2.06. The molecule has 0 aromatic carbocycles. The number of halogens is 4. The van der Waals surface area contributed by atoms with E-state index in [0.717, 1.165) is 6.20 Å². The largest absolute Gasteiger partial charge is 0.478 e. The molecule has 1 aromatic rings. The van der Waals surface area contributed by atoms with Crippen LogP contribution >= 0.6 is 45.2 Å². The second kappa shape index (κ2) is 4.64. The van der Waals surface area contributed by atoms with Gasteiger partial charge in [0.25, 0.3) is 6.43 Å². The number of nitrogens with zero attached hydrogens (tertiary/aromatic N) is 1. The average Bonchev–Trinajstić information content (AvgIpc) is 2.08. The van der Waals surface area contributed by atoms with E-state index in [2.05, 4.69) is 4.98 Å². The number of hydrogen-bond acceptors (Lipinski definition) is 2. The molecular weight excluding hydrogens is 422 g/mol. The number of carbonyl (C=O) groups is 1. The summed E-state index contributed by atoms with van der Waals surface area (Å²) in [6.45, 7) is 0. The summed E-state index contributed by atoms with van der Waals surface area (Å²) < 4.78 is 25.1. The van der Waals surface area contributed by atoms with Crippen molar-refractivity contribution in [2.45, 2.75) is 6.43 Å². The summed E-state index contributed by atoms with van der Waals surface area (Å²) >= 11 is 3.38. The van der Waals surface area contributed by atoms with E-state index >= 15 is 0 Å². The zero-order valence-electron chi connectivity index (χ0n) is 6.47. The van der Waals surface area contributed by atoms with Crippen LogP contribution in [0.4, 0.5) is 8.78 Å². The van der Waals surface area contributed by atoms with Gasteiger partial charge in [0.05, 0.1) is 9.13 Å². The molecule has 0 unspecified atom stereocenters. The number of carboxylic acid groups (broad SMARTS) is 1. The minimum atomic E-state index is -2.68. The van der Waals surface area contributed by atoms with Crippen LogP contribution in [0, 0.1) is 7.14 Å². The first-order valence-corrected chi connectivity index (χ1v) is 5.46. The van der Waals surface area contributed by atoms with Crippen molar-refractivity contribution in [1.82, 2.24) is 4.98 Å². The summed E-state index contributed by atoms with van der Waals surface area (Å²) in [6, 6.07) is 0. The molecule has 1 rings (SSSR count). The predicted octanol–water partition coefficient (Wildman–Crippen LogP) is 2.93. The van der Waals surface area contributed by atoms with E-state index in [4.69, 9.17) is 5.11 Å². The Labute approximate surface area is 105 Å². The van der Waals surface area contributed by atoms with Gasteiger partial charge in [-0.25, -0.2) is 13.6 Å². The smallest absolute Gasteiger partial charge is 0.338 e. The first kappa shape index (κ1) is 12.0. The third-order valence-electron chi connectivity index (χ3n) is 1.42. The van der Waals surface area contributed by atoms with Gasteiger partial charge >= 0.3 is 5.97 Å². The molecule has 76 valence electrons. The minimum Gasteiger partial charge on any atom is -0.478 e. The van der Waals surface area contributed by atoms with Gasteiger partial charge in [0, 0.05) is 9.77 Å². The first-order chi connectivity index (χ1) is 6.45. The number of aromatic carboxylic acids is 1. The number of aromatic nitrogens is 1. The molecular formula is C7H3F2I2NO2. The van der Waals surface area contributed by atoms with Gasteiger partial charge in [-0.3, -0.25) is 4.98 Å². The SMILES string of the molecule is O=C(O)c1cnc(C(F)F)c(I)c1I. The summed E-state index contributed by atoms with van der Waals surface area (Å²) in [7, 11) is 0. The van der Waals surface area contributed by atoms with Gasteiger partial charge in [0.15, 0.2) is 0 Å². The Kier molecular flexibility index (Phi) is 3.98. The zero-order valence-corrected chi connectivity index (χ0v) is 10.8. The summed E-state index contributed by atoms with van der Waals surface area (Å²) in [5.74, 6) is -1.17. The molecule has 0 aliphatic carbocycles. The lowest BCUT2D eigenvalue weighted by atomic mass is 10.2. The summed E-state index contributed by atoms with van der Waals surface area (Å²) in [6.07, 6.45) is -1.73. The Morgan fingerprint density at radius 2 is 2.00 bits per heavy atom. The van der Waals surface area contributed by atoms with Gasteiger partial charge in [0.1, 0.15) is 5.69 Å². The second-order valence-electron chi connectivity index (χ2n) is 2.29. The van der Waals surface area contributed by atoms with Crippen LogP contribution in [-0.2, 0) is 0 Å². The van der Waals surface area contributed by atoms with Gasteiger partial charge in [-0.15, -0.1) is 0 Å². The van der Waals surface area contributed by atoms with Crippen molar-refractivity contribution in [1.29, 1.82) is 0 Å². The fourth-order valence-electron chi connectivity index (χ4n) is 0.779. The molecule has 1 heterocycles. The van der Waals surface area contributed by atoms with Gasteiger partial charge in [0.2, 0.25) is 0 Å². The number of pyridine rings is 1. The normalized spacial score (nSPS) is 10.6. The molecule has 3 nitrogen and oxygen atoms in total. The van der Waals surface area contributed by atoms with E-state index in [1.165, 1.54) is 0 Å². The number of alkyl halides is 2. The summed E-state index contributed by atoms with van der Waals surface area (Å²) in [5.41, 5.74) is -0.431. The lowest BCUT2D eigenvalue weighted by Crippen LogP contribution is -2.06. The Morgan fingerprint density at radius 3 is 2.43 bits per heavy atom. The molecule has 0 amide bonds. The quantitative estimate of drug-likeness (QED) is 0.743. The third-order valence-corrected chi connectivity index (χ3v) is 4.67. The topological polar surface area (TPSA) is 50.2 Å². The van der Waals surface area contributed by atoms with Crippen LogP contribution in [0.25, 0.3) is 0 Å². The number of rotatable bonds is 2. The molecule has 0 saturated heterocycles. The monoisotopic (exact) mass is 425 g/mol. The van der Waals surface area contributed by atoms with Crippen LogP contribution in [-0.4, -0.2) is 16.1 Å². The molecule has 7 heteroatoms. The third kappa shape index (κ3) is 2.30. The zero-order chi connectivity index (χ0) is 10.9.